The summed E-state index contributed by atoms with van der Waals surface area (Å²) in [6.07, 6.45) is 1.25. The molecule has 0 bridgehead atoms. The van der Waals surface area contributed by atoms with Crippen molar-refractivity contribution in [2.75, 3.05) is 58.4 Å². The molecule has 0 spiro atoms. The molecule has 1 rings (SSSR count). The van der Waals surface area contributed by atoms with Gasteiger partial charge in [0.1, 0.15) is 0 Å². The quantitative estimate of drug-likeness (QED) is 0.616. The minimum absolute atomic E-state index is 0.775. The molecule has 5 heteroatoms. The second kappa shape index (κ2) is 8.64. The van der Waals surface area contributed by atoms with E-state index in [0.29, 0.717) is 0 Å². The van der Waals surface area contributed by atoms with Crippen molar-refractivity contribution in [1.29, 1.82) is 0 Å². The highest BCUT2D eigenvalue weighted by molar-refractivity contribution is 7.99. The number of methoxy groups -OCH3 is 1. The van der Waals surface area contributed by atoms with Crippen LogP contribution in [0.5, 0.6) is 0 Å². The first-order valence-corrected chi connectivity index (χ1v) is 7.52. The van der Waals surface area contributed by atoms with Gasteiger partial charge in [-0.25, -0.2) is 0 Å². The highest BCUT2D eigenvalue weighted by Gasteiger charge is 2.22. The summed E-state index contributed by atoms with van der Waals surface area (Å²) in [5.74, 6) is 3.51. The van der Waals surface area contributed by atoms with Crippen LogP contribution in [0.1, 0.15) is 13.3 Å². The van der Waals surface area contributed by atoms with Crippen LogP contribution in [0.25, 0.3) is 0 Å². The molecule has 0 atom stereocenters. The Bertz CT molecular complexity index is 236. The van der Waals surface area contributed by atoms with Crippen molar-refractivity contribution in [3.8, 4) is 0 Å². The van der Waals surface area contributed by atoms with Crippen molar-refractivity contribution in [2.24, 2.45) is 4.99 Å². The summed E-state index contributed by atoms with van der Waals surface area (Å²) in [4.78, 5) is 9.25. The molecule has 0 aliphatic carbocycles. The molecule has 0 radical (unpaired) electrons. The van der Waals surface area contributed by atoms with E-state index in [4.69, 9.17) is 9.73 Å². The van der Waals surface area contributed by atoms with Crippen LogP contribution < -0.4 is 0 Å². The topological polar surface area (TPSA) is 28.1 Å². The number of nitrogens with zero attached hydrogens (tertiary/aromatic N) is 3. The van der Waals surface area contributed by atoms with Crippen molar-refractivity contribution >= 4 is 17.7 Å². The molecule has 0 aromatic rings. The van der Waals surface area contributed by atoms with E-state index in [1.165, 1.54) is 12.2 Å². The van der Waals surface area contributed by atoms with E-state index in [1.54, 1.807) is 7.11 Å². The number of likely N-dealkylation sites (N-methyl/N-ethyl adjacent to an activating group) is 1. The third kappa shape index (κ3) is 5.17. The molecule has 0 unspecified atom stereocenters. The van der Waals surface area contributed by atoms with Crippen LogP contribution in [0.15, 0.2) is 4.99 Å². The van der Waals surface area contributed by atoms with Gasteiger partial charge in [0, 0.05) is 39.5 Å². The summed E-state index contributed by atoms with van der Waals surface area (Å²) in [5, 5.41) is 0. The smallest absolute Gasteiger partial charge is 0.196 e. The van der Waals surface area contributed by atoms with Crippen molar-refractivity contribution in [3.63, 3.8) is 0 Å². The lowest BCUT2D eigenvalue weighted by molar-refractivity contribution is 0.179. The molecule has 0 aromatic carbocycles. The standard InChI is InChI=1S/C12H25N3OS/c1-4-10-17-11-5-13-12-14(2)6-7-15(12)8-9-16-3/h4-11H2,1-3H3/b13-12-. The number of hydrogen-bond acceptors (Lipinski definition) is 3. The molecule has 1 heterocycles. The Labute approximate surface area is 109 Å². The molecule has 0 N–H and O–H groups in total. The summed E-state index contributed by atoms with van der Waals surface area (Å²) in [7, 11) is 3.86. The summed E-state index contributed by atoms with van der Waals surface area (Å²) in [6, 6.07) is 0. The summed E-state index contributed by atoms with van der Waals surface area (Å²) in [5.41, 5.74) is 0. The Kier molecular flexibility index (Phi) is 7.44. The third-order valence-corrected chi connectivity index (χ3v) is 3.90. The second-order valence-corrected chi connectivity index (χ2v) is 5.42. The zero-order valence-corrected chi connectivity index (χ0v) is 12.1. The largest absolute Gasteiger partial charge is 0.383 e. The normalized spacial score (nSPS) is 18.4. The lowest BCUT2D eigenvalue weighted by Gasteiger charge is -2.20. The summed E-state index contributed by atoms with van der Waals surface area (Å²) < 4.78 is 5.13. The van der Waals surface area contributed by atoms with E-state index in [0.717, 1.165) is 44.5 Å². The van der Waals surface area contributed by atoms with E-state index in [9.17, 15) is 0 Å². The number of guanidine groups is 1. The van der Waals surface area contributed by atoms with Gasteiger partial charge in [-0.2, -0.15) is 11.8 Å². The van der Waals surface area contributed by atoms with Gasteiger partial charge in [-0.05, 0) is 12.2 Å². The highest BCUT2D eigenvalue weighted by atomic mass is 32.2. The van der Waals surface area contributed by atoms with Gasteiger partial charge in [-0.15, -0.1) is 0 Å². The molecular weight excluding hydrogens is 234 g/mol. The predicted molar refractivity (Wildman–Crippen MR) is 76.0 cm³/mol. The molecular formula is C12H25N3OS. The Morgan fingerprint density at radius 1 is 1.35 bits per heavy atom. The Morgan fingerprint density at radius 3 is 2.88 bits per heavy atom. The first-order chi connectivity index (χ1) is 8.29. The molecule has 0 aromatic heterocycles. The van der Waals surface area contributed by atoms with Crippen LogP contribution in [-0.4, -0.2) is 74.2 Å². The van der Waals surface area contributed by atoms with Crippen molar-refractivity contribution < 1.29 is 4.74 Å². The molecule has 1 fully saturated rings. The molecule has 0 saturated carbocycles. The Morgan fingerprint density at radius 2 is 2.18 bits per heavy atom. The van der Waals surface area contributed by atoms with E-state index in [1.807, 2.05) is 11.8 Å². The number of aliphatic imine (C=N–C) groups is 1. The maximum Gasteiger partial charge on any atom is 0.196 e. The summed E-state index contributed by atoms with van der Waals surface area (Å²) >= 11 is 1.99. The molecule has 4 nitrogen and oxygen atoms in total. The SMILES string of the molecule is CCCSCC/N=C1/N(C)CCN1CCOC. The molecule has 1 aliphatic heterocycles. The lowest BCUT2D eigenvalue weighted by Crippen LogP contribution is -2.34. The maximum atomic E-state index is 5.13. The minimum atomic E-state index is 0.775. The number of ether oxygens (including phenoxy) is 1. The average molecular weight is 259 g/mol. The first kappa shape index (κ1) is 14.6. The second-order valence-electron chi connectivity index (χ2n) is 4.20. The van der Waals surface area contributed by atoms with Crippen molar-refractivity contribution in [2.45, 2.75) is 13.3 Å². The first-order valence-electron chi connectivity index (χ1n) is 6.36. The fourth-order valence-corrected chi connectivity index (χ4v) is 2.52. The molecule has 100 valence electrons. The predicted octanol–water partition coefficient (Wildman–Crippen LogP) is 1.38. The molecule has 17 heavy (non-hydrogen) atoms. The van der Waals surface area contributed by atoms with Gasteiger partial charge in [0.15, 0.2) is 5.96 Å². The monoisotopic (exact) mass is 259 g/mol. The van der Waals surface area contributed by atoms with Crippen LogP contribution in [0.2, 0.25) is 0 Å². The van der Waals surface area contributed by atoms with Gasteiger partial charge in [0.25, 0.3) is 0 Å². The maximum absolute atomic E-state index is 5.13. The zero-order valence-electron chi connectivity index (χ0n) is 11.3. The molecule has 1 saturated heterocycles. The summed E-state index contributed by atoms with van der Waals surface area (Å²) in [6.45, 7) is 7.01. The van der Waals surface area contributed by atoms with Gasteiger partial charge in [-0.3, -0.25) is 4.99 Å². The lowest BCUT2D eigenvalue weighted by atomic mass is 10.5. The van der Waals surface area contributed by atoms with Crippen LogP contribution in [-0.2, 0) is 4.74 Å². The number of thioether (sulfide) groups is 1. The van der Waals surface area contributed by atoms with E-state index < -0.39 is 0 Å². The zero-order chi connectivity index (χ0) is 12.5. The third-order valence-electron chi connectivity index (χ3n) is 2.73. The van der Waals surface area contributed by atoms with Gasteiger partial charge in [-0.1, -0.05) is 6.92 Å². The highest BCUT2D eigenvalue weighted by Crippen LogP contribution is 2.07. The van der Waals surface area contributed by atoms with Crippen LogP contribution >= 0.6 is 11.8 Å². The van der Waals surface area contributed by atoms with Crippen LogP contribution in [0.3, 0.4) is 0 Å². The van der Waals surface area contributed by atoms with Gasteiger partial charge in [0.2, 0.25) is 0 Å². The van der Waals surface area contributed by atoms with E-state index in [-0.39, 0.29) is 0 Å². The fraction of sp³-hybridized carbons (Fsp3) is 0.917. The van der Waals surface area contributed by atoms with Gasteiger partial charge >= 0.3 is 0 Å². The van der Waals surface area contributed by atoms with Crippen LogP contribution in [0.4, 0.5) is 0 Å². The fourth-order valence-electron chi connectivity index (χ4n) is 1.80. The van der Waals surface area contributed by atoms with Crippen molar-refractivity contribution in [3.05, 3.63) is 0 Å². The molecule has 1 aliphatic rings. The molecule has 0 amide bonds. The van der Waals surface area contributed by atoms with Gasteiger partial charge in [0.05, 0.1) is 13.2 Å². The Balaban J connectivity index is 2.32. The number of hydrogen-bond donors (Lipinski definition) is 0. The van der Waals surface area contributed by atoms with Crippen molar-refractivity contribution in [1.82, 2.24) is 9.80 Å². The van der Waals surface area contributed by atoms with E-state index in [2.05, 4.69) is 23.8 Å². The minimum Gasteiger partial charge on any atom is -0.383 e. The van der Waals surface area contributed by atoms with E-state index >= 15 is 0 Å². The van der Waals surface area contributed by atoms with Gasteiger partial charge < -0.3 is 14.5 Å². The van der Waals surface area contributed by atoms with Crippen LogP contribution in [0, 0.1) is 0 Å². The Hall–Kier alpha value is -0.420. The average Bonchev–Trinajstić information content (AvgIpc) is 2.68. The number of rotatable bonds is 8.